The van der Waals surface area contributed by atoms with Crippen molar-refractivity contribution in [1.29, 1.82) is 5.26 Å². The number of esters is 1. The summed E-state index contributed by atoms with van der Waals surface area (Å²) < 4.78 is 15.2. The van der Waals surface area contributed by atoms with Crippen LogP contribution in [-0.2, 0) is 20.9 Å². The smallest absolute Gasteiger partial charge is 0.410 e. The number of amides is 1. The van der Waals surface area contributed by atoms with Crippen LogP contribution in [0.1, 0.15) is 18.1 Å². The molecule has 164 valence electrons. The van der Waals surface area contributed by atoms with Crippen LogP contribution in [-0.4, -0.2) is 60.2 Å². The minimum atomic E-state index is -0.975. The molecule has 12 heteroatoms. The first-order valence-electron chi connectivity index (χ1n) is 8.76. The highest BCUT2D eigenvalue weighted by Gasteiger charge is 2.30. The van der Waals surface area contributed by atoms with Gasteiger partial charge in [0.2, 0.25) is 0 Å². The van der Waals surface area contributed by atoms with Gasteiger partial charge in [-0.05, 0) is 18.6 Å². The number of carbonyl (C=O) groups is 2. The van der Waals surface area contributed by atoms with Gasteiger partial charge in [0.25, 0.3) is 5.69 Å². The maximum atomic E-state index is 12.5. The molecule has 1 atom stereocenters. The zero-order valence-corrected chi connectivity index (χ0v) is 18.7. The summed E-state index contributed by atoms with van der Waals surface area (Å²) in [4.78, 5) is 36.5. The molecule has 0 aliphatic carbocycles. The van der Waals surface area contributed by atoms with Crippen molar-refractivity contribution in [2.75, 3.05) is 32.3 Å². The van der Waals surface area contributed by atoms with Crippen molar-refractivity contribution in [2.24, 2.45) is 0 Å². The lowest BCUT2D eigenvalue weighted by Gasteiger charge is -2.25. The number of hydrogen-bond donors (Lipinski definition) is 0. The standard InChI is InChI=1S/C18H23N3O7S2/c1-5-29-30-11-15(17(22)27-7-6-19)20(3)18(23)28-10-13-9-16(26-4)12(2)8-14(13)21(24)25/h8-9,15H,5,7,10-11H2,1-4H3/t15-/m0/s1. The zero-order chi connectivity index (χ0) is 22.7. The molecule has 0 saturated carbocycles. The van der Waals surface area contributed by atoms with E-state index in [-0.39, 0.29) is 23.6 Å². The van der Waals surface area contributed by atoms with E-state index in [1.54, 1.807) is 13.0 Å². The van der Waals surface area contributed by atoms with Crippen LogP contribution in [0.15, 0.2) is 12.1 Å². The minimum absolute atomic E-state index is 0.156. The predicted octanol–water partition coefficient (Wildman–Crippen LogP) is 3.32. The molecule has 0 radical (unpaired) electrons. The van der Waals surface area contributed by atoms with E-state index in [1.165, 1.54) is 47.9 Å². The van der Waals surface area contributed by atoms with E-state index in [2.05, 4.69) is 0 Å². The van der Waals surface area contributed by atoms with E-state index in [4.69, 9.17) is 19.5 Å². The number of benzene rings is 1. The molecule has 0 aliphatic heterocycles. The number of nitriles is 1. The number of carbonyl (C=O) groups excluding carboxylic acids is 2. The second kappa shape index (κ2) is 12.8. The molecule has 1 rings (SSSR count). The monoisotopic (exact) mass is 457 g/mol. The summed E-state index contributed by atoms with van der Waals surface area (Å²) in [6.07, 6.45) is -0.857. The Balaban J connectivity index is 2.94. The SMILES string of the molecule is CCSSC[C@@H](C(=O)OCC#N)N(C)C(=O)OCc1cc(OC)c(C)cc1[N+](=O)[O-]. The molecule has 1 aromatic rings. The maximum Gasteiger partial charge on any atom is 0.410 e. The minimum Gasteiger partial charge on any atom is -0.496 e. The number of nitro benzene ring substituents is 1. The fourth-order valence-electron chi connectivity index (χ4n) is 2.32. The lowest BCUT2D eigenvalue weighted by atomic mass is 10.1. The second-order valence-corrected chi connectivity index (χ2v) is 8.64. The average molecular weight is 458 g/mol. The van der Waals surface area contributed by atoms with E-state index in [0.717, 1.165) is 10.7 Å². The Kier molecular flexibility index (Phi) is 10.8. The quantitative estimate of drug-likeness (QED) is 0.160. The van der Waals surface area contributed by atoms with Crippen LogP contribution in [0.5, 0.6) is 5.75 Å². The Labute approximate surface area is 182 Å². The molecule has 0 unspecified atom stereocenters. The third-order valence-corrected chi connectivity index (χ3v) is 6.35. The first-order chi connectivity index (χ1) is 14.3. The third-order valence-electron chi connectivity index (χ3n) is 3.88. The van der Waals surface area contributed by atoms with Crippen molar-refractivity contribution in [3.8, 4) is 11.8 Å². The van der Waals surface area contributed by atoms with Crippen molar-refractivity contribution >= 4 is 39.3 Å². The van der Waals surface area contributed by atoms with Gasteiger partial charge in [0.1, 0.15) is 24.5 Å². The van der Waals surface area contributed by atoms with Gasteiger partial charge in [0.05, 0.1) is 17.6 Å². The number of rotatable bonds is 11. The van der Waals surface area contributed by atoms with Crippen LogP contribution < -0.4 is 4.74 Å². The van der Waals surface area contributed by atoms with Crippen LogP contribution in [0.2, 0.25) is 0 Å². The molecule has 10 nitrogen and oxygen atoms in total. The van der Waals surface area contributed by atoms with E-state index in [0.29, 0.717) is 11.3 Å². The van der Waals surface area contributed by atoms with Crippen LogP contribution in [0.25, 0.3) is 0 Å². The van der Waals surface area contributed by atoms with Crippen LogP contribution >= 0.6 is 21.6 Å². The molecule has 0 aromatic heterocycles. The lowest BCUT2D eigenvalue weighted by Crippen LogP contribution is -2.45. The fraction of sp³-hybridized carbons (Fsp3) is 0.500. The van der Waals surface area contributed by atoms with E-state index in [9.17, 15) is 19.7 Å². The zero-order valence-electron chi connectivity index (χ0n) is 17.1. The van der Waals surface area contributed by atoms with Crippen molar-refractivity contribution in [3.05, 3.63) is 33.4 Å². The summed E-state index contributed by atoms with van der Waals surface area (Å²) in [5.74, 6) is 0.721. The topological polar surface area (TPSA) is 132 Å². The van der Waals surface area contributed by atoms with E-state index >= 15 is 0 Å². The summed E-state index contributed by atoms with van der Waals surface area (Å²) in [5.41, 5.74) is 0.523. The lowest BCUT2D eigenvalue weighted by molar-refractivity contribution is -0.385. The normalized spacial score (nSPS) is 11.2. The Hall–Kier alpha value is -2.65. The Morgan fingerprint density at radius 2 is 2.03 bits per heavy atom. The average Bonchev–Trinajstić information content (AvgIpc) is 2.73. The van der Waals surface area contributed by atoms with Crippen LogP contribution in [0.4, 0.5) is 10.5 Å². The van der Waals surface area contributed by atoms with Gasteiger partial charge in [0, 0.05) is 24.6 Å². The predicted molar refractivity (Wildman–Crippen MR) is 113 cm³/mol. The molecule has 0 bridgehead atoms. The molecule has 1 amide bonds. The highest BCUT2D eigenvalue weighted by atomic mass is 33.1. The maximum absolute atomic E-state index is 12.5. The Morgan fingerprint density at radius 3 is 2.60 bits per heavy atom. The van der Waals surface area contributed by atoms with Gasteiger partial charge in [-0.15, -0.1) is 0 Å². The van der Waals surface area contributed by atoms with Gasteiger partial charge in [0.15, 0.2) is 6.61 Å². The van der Waals surface area contributed by atoms with Crippen molar-refractivity contribution in [1.82, 2.24) is 4.90 Å². The van der Waals surface area contributed by atoms with Gasteiger partial charge < -0.3 is 14.2 Å². The number of hydrogen-bond acceptors (Lipinski definition) is 10. The van der Waals surface area contributed by atoms with Crippen molar-refractivity contribution in [2.45, 2.75) is 26.5 Å². The molecule has 0 N–H and O–H groups in total. The van der Waals surface area contributed by atoms with Gasteiger partial charge in [-0.25, -0.2) is 9.59 Å². The molecule has 0 aliphatic rings. The van der Waals surface area contributed by atoms with Crippen molar-refractivity contribution in [3.63, 3.8) is 0 Å². The summed E-state index contributed by atoms with van der Waals surface area (Å²) in [6, 6.07) is 3.50. The molecule has 30 heavy (non-hydrogen) atoms. The Bertz CT molecular complexity index is 814. The van der Waals surface area contributed by atoms with Gasteiger partial charge in [-0.1, -0.05) is 28.5 Å². The van der Waals surface area contributed by atoms with Gasteiger partial charge in [-0.3, -0.25) is 15.0 Å². The highest BCUT2D eigenvalue weighted by molar-refractivity contribution is 8.76. The largest absolute Gasteiger partial charge is 0.496 e. The van der Waals surface area contributed by atoms with Gasteiger partial charge >= 0.3 is 12.1 Å². The summed E-state index contributed by atoms with van der Waals surface area (Å²) in [6.45, 7) is 2.80. The summed E-state index contributed by atoms with van der Waals surface area (Å²) in [5, 5.41) is 19.9. The number of methoxy groups -OCH3 is 1. The van der Waals surface area contributed by atoms with Crippen molar-refractivity contribution < 1.29 is 28.7 Å². The summed E-state index contributed by atoms with van der Waals surface area (Å²) in [7, 11) is 5.67. The Morgan fingerprint density at radius 1 is 1.33 bits per heavy atom. The molecule has 0 saturated heterocycles. The van der Waals surface area contributed by atoms with Crippen LogP contribution in [0.3, 0.4) is 0 Å². The first-order valence-corrected chi connectivity index (χ1v) is 11.2. The third kappa shape index (κ3) is 7.31. The number of aryl methyl sites for hydroxylation is 1. The summed E-state index contributed by atoms with van der Waals surface area (Å²) >= 11 is 0. The molecule has 1 aromatic carbocycles. The first kappa shape index (κ1) is 25.4. The van der Waals surface area contributed by atoms with Crippen LogP contribution in [0, 0.1) is 28.4 Å². The number of nitro groups is 1. The molecule has 0 spiro atoms. The molecule has 0 heterocycles. The molecular weight excluding hydrogens is 434 g/mol. The molecule has 0 fully saturated rings. The number of nitrogens with zero attached hydrogens (tertiary/aromatic N) is 3. The second-order valence-electron chi connectivity index (χ2n) is 5.85. The highest BCUT2D eigenvalue weighted by Crippen LogP contribution is 2.29. The van der Waals surface area contributed by atoms with E-state index < -0.39 is 29.6 Å². The van der Waals surface area contributed by atoms with E-state index in [1.807, 2.05) is 6.92 Å². The fourth-order valence-corrected chi connectivity index (χ4v) is 4.25. The number of ether oxygens (including phenoxy) is 3. The number of likely N-dealkylation sites (N-methyl/N-ethyl adjacent to an activating group) is 1. The molecular formula is C18H23N3O7S2. The van der Waals surface area contributed by atoms with Gasteiger partial charge in [-0.2, -0.15) is 5.26 Å².